The summed E-state index contributed by atoms with van der Waals surface area (Å²) in [5.41, 5.74) is 0.483. The first kappa shape index (κ1) is 12.9. The second-order valence-electron chi connectivity index (χ2n) is 2.80. The van der Waals surface area contributed by atoms with Crippen molar-refractivity contribution in [1.29, 1.82) is 0 Å². The Morgan fingerprint density at radius 1 is 1.20 bits per heavy atom. The Kier molecular flexibility index (Phi) is 4.53. The maximum atomic E-state index is 11.3. The average Bonchev–Trinajstić information content (AvgIpc) is 2.21. The third kappa shape index (κ3) is 2.91. The maximum Gasteiger partial charge on any atom is 0.241 e. The lowest BCUT2D eigenvalue weighted by Gasteiger charge is -2.18. The molecule has 0 aliphatic rings. The molecule has 0 saturated carbocycles. The molecule has 15 heavy (non-hydrogen) atoms. The number of hydrogen-bond acceptors (Lipinski definition) is 1. The van der Waals surface area contributed by atoms with Crippen LogP contribution < -0.4 is 4.90 Å². The number of nitrogens with zero attached hydrogens (tertiary/aromatic N) is 1. The fourth-order valence-electron chi connectivity index (χ4n) is 0.993. The molecular weight excluding hydrogens is 280 g/mol. The highest BCUT2D eigenvalue weighted by Crippen LogP contribution is 2.34. The summed E-state index contributed by atoms with van der Waals surface area (Å²) in [4.78, 5) is 12.7. The molecule has 0 atom stereocenters. The van der Waals surface area contributed by atoms with Crippen molar-refractivity contribution in [3.63, 3.8) is 0 Å². The molecule has 1 aromatic rings. The summed E-state index contributed by atoms with van der Waals surface area (Å²) in [5, 5.41) is 1.03. The molecule has 0 aliphatic carbocycles. The number of amides is 1. The molecular formula is C9H7Cl4NO. The molecule has 0 unspecified atom stereocenters. The van der Waals surface area contributed by atoms with E-state index >= 15 is 0 Å². The SMILES string of the molecule is CN(C(=O)CCl)c1cc(Cl)c(Cl)cc1Cl. The van der Waals surface area contributed by atoms with Crippen LogP contribution in [-0.2, 0) is 4.79 Å². The summed E-state index contributed by atoms with van der Waals surface area (Å²) in [7, 11) is 1.57. The number of halogens is 4. The topological polar surface area (TPSA) is 20.3 Å². The van der Waals surface area contributed by atoms with Gasteiger partial charge in [-0.05, 0) is 12.1 Å². The van der Waals surface area contributed by atoms with Crippen LogP contribution in [0.4, 0.5) is 5.69 Å². The summed E-state index contributed by atoms with van der Waals surface area (Å²) in [6, 6.07) is 3.01. The minimum Gasteiger partial charge on any atom is -0.313 e. The molecule has 0 heterocycles. The van der Waals surface area contributed by atoms with Crippen LogP contribution in [0.5, 0.6) is 0 Å². The number of rotatable bonds is 2. The van der Waals surface area contributed by atoms with Crippen molar-refractivity contribution in [1.82, 2.24) is 0 Å². The van der Waals surface area contributed by atoms with E-state index in [2.05, 4.69) is 0 Å². The predicted octanol–water partition coefficient (Wildman–Crippen LogP) is 3.85. The summed E-state index contributed by atoms with van der Waals surface area (Å²) < 4.78 is 0. The number of carbonyl (C=O) groups excluding carboxylic acids is 1. The lowest BCUT2D eigenvalue weighted by atomic mass is 10.3. The zero-order chi connectivity index (χ0) is 11.6. The van der Waals surface area contributed by atoms with Crippen molar-refractivity contribution in [3.8, 4) is 0 Å². The summed E-state index contributed by atoms with van der Waals surface area (Å²) in [6.45, 7) is 0. The van der Waals surface area contributed by atoms with Crippen LogP contribution in [0.25, 0.3) is 0 Å². The van der Waals surface area contributed by atoms with Gasteiger partial charge in [0.15, 0.2) is 0 Å². The molecule has 0 aliphatic heterocycles. The zero-order valence-corrected chi connectivity index (χ0v) is 10.8. The minimum absolute atomic E-state index is 0.118. The zero-order valence-electron chi connectivity index (χ0n) is 7.73. The van der Waals surface area contributed by atoms with Crippen molar-refractivity contribution in [2.75, 3.05) is 17.8 Å². The molecule has 0 radical (unpaired) electrons. The van der Waals surface area contributed by atoms with Crippen molar-refractivity contribution in [2.24, 2.45) is 0 Å². The van der Waals surface area contributed by atoms with Crippen LogP contribution >= 0.6 is 46.4 Å². The van der Waals surface area contributed by atoms with E-state index in [4.69, 9.17) is 46.4 Å². The van der Waals surface area contributed by atoms with Gasteiger partial charge in [0, 0.05) is 7.05 Å². The van der Waals surface area contributed by atoms with Crippen molar-refractivity contribution >= 4 is 58.0 Å². The van der Waals surface area contributed by atoms with Gasteiger partial charge in [-0.25, -0.2) is 0 Å². The van der Waals surface area contributed by atoms with Crippen molar-refractivity contribution in [3.05, 3.63) is 27.2 Å². The van der Waals surface area contributed by atoms with Crippen molar-refractivity contribution in [2.45, 2.75) is 0 Å². The predicted molar refractivity (Wildman–Crippen MR) is 65.6 cm³/mol. The molecule has 1 amide bonds. The van der Waals surface area contributed by atoms with Gasteiger partial charge in [-0.1, -0.05) is 34.8 Å². The van der Waals surface area contributed by atoms with E-state index in [1.807, 2.05) is 0 Å². The van der Waals surface area contributed by atoms with Crippen LogP contribution in [0.15, 0.2) is 12.1 Å². The van der Waals surface area contributed by atoms with E-state index in [1.54, 1.807) is 7.05 Å². The van der Waals surface area contributed by atoms with Crippen LogP contribution in [0, 0.1) is 0 Å². The molecule has 1 rings (SSSR count). The highest BCUT2D eigenvalue weighted by Gasteiger charge is 2.14. The van der Waals surface area contributed by atoms with E-state index in [0.29, 0.717) is 20.8 Å². The molecule has 0 fully saturated rings. The third-order valence-corrected chi connectivity index (χ3v) is 3.09. The normalized spacial score (nSPS) is 10.2. The standard InChI is InChI=1S/C9H7Cl4NO/c1-14(9(15)4-10)8-3-6(12)5(11)2-7(8)13/h2-3H,4H2,1H3. The van der Waals surface area contributed by atoms with Crippen LogP contribution in [0.1, 0.15) is 0 Å². The minimum atomic E-state index is -0.267. The molecule has 0 bridgehead atoms. The lowest BCUT2D eigenvalue weighted by molar-refractivity contribution is -0.116. The number of anilines is 1. The van der Waals surface area contributed by atoms with Gasteiger partial charge in [0.25, 0.3) is 0 Å². The number of benzene rings is 1. The average molecular weight is 287 g/mol. The Hall–Kier alpha value is -0.150. The second kappa shape index (κ2) is 5.26. The first-order valence-corrected chi connectivity index (χ1v) is 5.61. The Labute approximate surface area is 108 Å². The highest BCUT2D eigenvalue weighted by atomic mass is 35.5. The van der Waals surface area contributed by atoms with Crippen LogP contribution in [-0.4, -0.2) is 18.8 Å². The Morgan fingerprint density at radius 2 is 1.73 bits per heavy atom. The fourth-order valence-corrected chi connectivity index (χ4v) is 1.84. The van der Waals surface area contributed by atoms with E-state index in [9.17, 15) is 4.79 Å². The van der Waals surface area contributed by atoms with Gasteiger partial charge in [0.2, 0.25) is 5.91 Å². The van der Waals surface area contributed by atoms with Gasteiger partial charge in [0.05, 0.1) is 20.8 Å². The van der Waals surface area contributed by atoms with Gasteiger partial charge >= 0.3 is 0 Å². The van der Waals surface area contributed by atoms with Crippen molar-refractivity contribution < 1.29 is 4.79 Å². The summed E-state index contributed by atoms with van der Waals surface area (Å²) in [5.74, 6) is -0.385. The molecule has 82 valence electrons. The van der Waals surface area contributed by atoms with Gasteiger partial charge in [-0.2, -0.15) is 0 Å². The molecule has 0 spiro atoms. The van der Waals surface area contributed by atoms with Gasteiger partial charge in [-0.3, -0.25) is 4.79 Å². The third-order valence-electron chi connectivity index (χ3n) is 1.84. The van der Waals surface area contributed by atoms with Crippen LogP contribution in [0.2, 0.25) is 15.1 Å². The first-order chi connectivity index (χ1) is 6.97. The Bertz CT molecular complexity index is 394. The Morgan fingerprint density at radius 3 is 2.27 bits per heavy atom. The van der Waals surface area contributed by atoms with E-state index < -0.39 is 0 Å². The van der Waals surface area contributed by atoms with E-state index in [-0.39, 0.29) is 11.8 Å². The van der Waals surface area contributed by atoms with Gasteiger partial charge in [-0.15, -0.1) is 11.6 Å². The van der Waals surface area contributed by atoms with Gasteiger partial charge < -0.3 is 4.90 Å². The number of hydrogen-bond donors (Lipinski definition) is 0. The van der Waals surface area contributed by atoms with E-state index in [0.717, 1.165) is 0 Å². The maximum absolute atomic E-state index is 11.3. The largest absolute Gasteiger partial charge is 0.313 e. The second-order valence-corrected chi connectivity index (χ2v) is 4.29. The monoisotopic (exact) mass is 285 g/mol. The van der Waals surface area contributed by atoms with Crippen LogP contribution in [0.3, 0.4) is 0 Å². The molecule has 0 aromatic heterocycles. The molecule has 2 nitrogen and oxygen atoms in total. The fraction of sp³-hybridized carbons (Fsp3) is 0.222. The first-order valence-electron chi connectivity index (χ1n) is 3.94. The highest BCUT2D eigenvalue weighted by molar-refractivity contribution is 6.44. The smallest absolute Gasteiger partial charge is 0.241 e. The summed E-state index contributed by atoms with van der Waals surface area (Å²) in [6.07, 6.45) is 0. The summed E-state index contributed by atoms with van der Waals surface area (Å²) >= 11 is 22.9. The quantitative estimate of drug-likeness (QED) is 0.597. The molecule has 0 saturated heterocycles. The molecule has 0 N–H and O–H groups in total. The molecule has 1 aromatic carbocycles. The van der Waals surface area contributed by atoms with Gasteiger partial charge in [0.1, 0.15) is 5.88 Å². The van der Waals surface area contributed by atoms with E-state index in [1.165, 1.54) is 17.0 Å². The number of alkyl halides is 1. The molecule has 6 heteroatoms. The number of carbonyl (C=O) groups is 1. The Balaban J connectivity index is 3.14. The lowest BCUT2D eigenvalue weighted by Crippen LogP contribution is -2.27.